The molecule has 28 heavy (non-hydrogen) atoms. The molecule has 1 aliphatic rings. The molecule has 2 aromatic carbocycles. The van der Waals surface area contributed by atoms with Gasteiger partial charge in [-0.25, -0.2) is 8.42 Å². The molecule has 1 atom stereocenters. The first kappa shape index (κ1) is 20.7. The molecule has 0 bridgehead atoms. The lowest BCUT2D eigenvalue weighted by molar-refractivity contribution is -0.116. The van der Waals surface area contributed by atoms with Gasteiger partial charge in [-0.2, -0.15) is 0 Å². The summed E-state index contributed by atoms with van der Waals surface area (Å²) in [5.41, 5.74) is 1.75. The van der Waals surface area contributed by atoms with E-state index in [4.69, 9.17) is 11.6 Å². The summed E-state index contributed by atoms with van der Waals surface area (Å²) in [6.45, 7) is 3.27. The zero-order valence-electron chi connectivity index (χ0n) is 15.3. The van der Waals surface area contributed by atoms with Crippen LogP contribution in [0.25, 0.3) is 0 Å². The molecule has 2 aromatic rings. The van der Waals surface area contributed by atoms with E-state index < -0.39 is 21.0 Å². The number of rotatable bonds is 5. The van der Waals surface area contributed by atoms with Crippen molar-refractivity contribution >= 4 is 56.4 Å². The van der Waals surface area contributed by atoms with E-state index in [-0.39, 0.29) is 17.2 Å². The molecule has 0 saturated carbocycles. The smallest absolute Gasteiger partial charge is 0.234 e. The summed E-state index contributed by atoms with van der Waals surface area (Å²) in [5.74, 6) is -0.280. The van der Waals surface area contributed by atoms with Gasteiger partial charge < -0.3 is 10.6 Å². The number of hydrogen-bond acceptors (Lipinski definition) is 5. The van der Waals surface area contributed by atoms with Crippen molar-refractivity contribution in [3.05, 3.63) is 47.0 Å². The van der Waals surface area contributed by atoms with E-state index in [1.807, 2.05) is 0 Å². The lowest BCUT2D eigenvalue weighted by Gasteiger charge is -2.19. The van der Waals surface area contributed by atoms with E-state index >= 15 is 0 Å². The minimum absolute atomic E-state index is 0.0771. The molecule has 0 unspecified atom stereocenters. The van der Waals surface area contributed by atoms with Gasteiger partial charge in [0.15, 0.2) is 9.84 Å². The minimum atomic E-state index is -3.74. The summed E-state index contributed by atoms with van der Waals surface area (Å²) in [6, 6.07) is 9.77. The van der Waals surface area contributed by atoms with Crippen LogP contribution in [0.3, 0.4) is 0 Å². The van der Waals surface area contributed by atoms with Crippen LogP contribution in [0.1, 0.15) is 18.9 Å². The van der Waals surface area contributed by atoms with Crippen LogP contribution in [-0.2, 0) is 19.4 Å². The van der Waals surface area contributed by atoms with Crippen molar-refractivity contribution in [3.8, 4) is 0 Å². The van der Waals surface area contributed by atoms with Gasteiger partial charge >= 0.3 is 0 Å². The highest BCUT2D eigenvalue weighted by atomic mass is 35.5. The van der Waals surface area contributed by atoms with Crippen LogP contribution in [0, 0.1) is 6.92 Å². The van der Waals surface area contributed by atoms with Crippen LogP contribution in [0.2, 0.25) is 5.02 Å². The zero-order valence-corrected chi connectivity index (χ0v) is 17.7. The van der Waals surface area contributed by atoms with Gasteiger partial charge in [0.05, 0.1) is 21.6 Å². The van der Waals surface area contributed by atoms with Gasteiger partial charge in [0, 0.05) is 22.0 Å². The molecule has 1 aliphatic heterocycles. The standard InChI is InChI=1S/C19H19ClN2O4S2/c1-11(8-18(23)21-15-5-3-4-14(20)12(15)2)28(25,26)13-6-7-17-16(9-13)22-19(24)10-27-17/h3-7,9,11H,8,10H2,1-2H3,(H,21,23)(H,22,24)/t11-/m0/s1. The van der Waals surface area contributed by atoms with E-state index in [2.05, 4.69) is 10.6 Å². The second kappa shape index (κ2) is 8.14. The molecule has 0 saturated heterocycles. The lowest BCUT2D eigenvalue weighted by Crippen LogP contribution is -2.26. The fourth-order valence-electron chi connectivity index (χ4n) is 2.79. The maximum Gasteiger partial charge on any atom is 0.234 e. The van der Waals surface area contributed by atoms with Crippen LogP contribution in [0.4, 0.5) is 11.4 Å². The molecular formula is C19H19ClN2O4S2. The third-order valence-electron chi connectivity index (χ3n) is 4.46. The number of sulfone groups is 1. The van der Waals surface area contributed by atoms with E-state index in [0.717, 1.165) is 10.5 Å². The fraction of sp³-hybridized carbons (Fsp3) is 0.263. The molecule has 0 aliphatic carbocycles. The maximum atomic E-state index is 12.9. The Morgan fingerprint density at radius 2 is 2.07 bits per heavy atom. The number of carbonyl (C=O) groups excluding carboxylic acids is 2. The Labute approximate surface area is 173 Å². The number of fused-ring (bicyclic) bond motifs is 1. The van der Waals surface area contributed by atoms with Crippen molar-refractivity contribution in [3.63, 3.8) is 0 Å². The largest absolute Gasteiger partial charge is 0.326 e. The molecule has 9 heteroatoms. The van der Waals surface area contributed by atoms with Crippen molar-refractivity contribution < 1.29 is 18.0 Å². The number of benzene rings is 2. The highest BCUT2D eigenvalue weighted by Gasteiger charge is 2.27. The van der Waals surface area contributed by atoms with Crippen LogP contribution >= 0.6 is 23.4 Å². The van der Waals surface area contributed by atoms with Gasteiger partial charge in [0.1, 0.15) is 0 Å². The molecule has 3 rings (SSSR count). The number of amides is 2. The average molecular weight is 439 g/mol. The second-order valence-electron chi connectivity index (χ2n) is 6.52. The van der Waals surface area contributed by atoms with Gasteiger partial charge in [0.2, 0.25) is 11.8 Å². The van der Waals surface area contributed by atoms with Gasteiger partial charge in [-0.3, -0.25) is 9.59 Å². The first-order valence-corrected chi connectivity index (χ1v) is 11.4. The number of carbonyl (C=O) groups is 2. The Balaban J connectivity index is 1.75. The van der Waals surface area contributed by atoms with E-state index in [1.165, 1.54) is 30.8 Å². The SMILES string of the molecule is Cc1c(Cl)cccc1NC(=O)C[C@H](C)S(=O)(=O)c1ccc2c(c1)NC(=O)CS2. The van der Waals surface area contributed by atoms with Gasteiger partial charge in [-0.05, 0) is 49.7 Å². The number of halogens is 1. The Bertz CT molecular complexity index is 1050. The van der Waals surface area contributed by atoms with Crippen LogP contribution < -0.4 is 10.6 Å². The lowest BCUT2D eigenvalue weighted by atomic mass is 10.2. The molecule has 1 heterocycles. The molecule has 0 radical (unpaired) electrons. The van der Waals surface area contributed by atoms with Crippen molar-refractivity contribution in [2.75, 3.05) is 16.4 Å². The highest BCUT2D eigenvalue weighted by Crippen LogP contribution is 2.34. The van der Waals surface area contributed by atoms with Crippen LogP contribution in [0.15, 0.2) is 46.2 Å². The number of anilines is 2. The topological polar surface area (TPSA) is 92.3 Å². The van der Waals surface area contributed by atoms with Crippen LogP contribution in [0.5, 0.6) is 0 Å². The van der Waals surface area contributed by atoms with E-state index in [9.17, 15) is 18.0 Å². The Morgan fingerprint density at radius 3 is 2.82 bits per heavy atom. The van der Waals surface area contributed by atoms with Gasteiger partial charge in [-0.15, -0.1) is 11.8 Å². The second-order valence-corrected chi connectivity index (χ2v) is 10.3. The molecule has 2 N–H and O–H groups in total. The van der Waals surface area contributed by atoms with Crippen molar-refractivity contribution in [2.45, 2.75) is 35.3 Å². The summed E-state index contributed by atoms with van der Waals surface area (Å²) in [7, 11) is -3.74. The Hall–Kier alpha value is -2.03. The van der Waals surface area contributed by atoms with Gasteiger partial charge in [0.25, 0.3) is 0 Å². The third-order valence-corrected chi connectivity index (χ3v) is 8.08. The Morgan fingerprint density at radius 1 is 1.32 bits per heavy atom. The van der Waals surface area contributed by atoms with Crippen molar-refractivity contribution in [1.82, 2.24) is 0 Å². The quantitative estimate of drug-likeness (QED) is 0.738. The van der Waals surface area contributed by atoms with Crippen molar-refractivity contribution in [2.24, 2.45) is 0 Å². The summed E-state index contributed by atoms with van der Waals surface area (Å²) >= 11 is 7.40. The molecule has 0 fully saturated rings. The van der Waals surface area contributed by atoms with Crippen LogP contribution in [-0.4, -0.2) is 31.2 Å². The molecule has 148 valence electrons. The van der Waals surface area contributed by atoms with Crippen molar-refractivity contribution in [1.29, 1.82) is 0 Å². The predicted molar refractivity (Wildman–Crippen MR) is 112 cm³/mol. The molecule has 0 spiro atoms. The molecule has 0 aromatic heterocycles. The Kier molecular flexibility index (Phi) is 6.02. The summed E-state index contributed by atoms with van der Waals surface area (Å²) in [4.78, 5) is 24.8. The third kappa shape index (κ3) is 4.34. The first-order chi connectivity index (χ1) is 13.2. The zero-order chi connectivity index (χ0) is 20.5. The molecule has 6 nitrogen and oxygen atoms in total. The number of nitrogens with one attached hydrogen (secondary N) is 2. The predicted octanol–water partition coefficient (Wildman–Crippen LogP) is 3.88. The summed E-state index contributed by atoms with van der Waals surface area (Å²) in [6.07, 6.45) is -0.202. The molecular weight excluding hydrogens is 420 g/mol. The molecule has 2 amide bonds. The summed E-state index contributed by atoms with van der Waals surface area (Å²) < 4.78 is 25.8. The number of hydrogen-bond donors (Lipinski definition) is 2. The number of thioether (sulfide) groups is 1. The minimum Gasteiger partial charge on any atom is -0.326 e. The average Bonchev–Trinajstić information content (AvgIpc) is 2.64. The van der Waals surface area contributed by atoms with E-state index in [0.29, 0.717) is 22.2 Å². The maximum absolute atomic E-state index is 12.9. The monoisotopic (exact) mass is 438 g/mol. The fourth-order valence-corrected chi connectivity index (χ4v) is 5.12. The first-order valence-electron chi connectivity index (χ1n) is 8.54. The highest BCUT2D eigenvalue weighted by molar-refractivity contribution is 8.00. The normalized spacial score (nSPS) is 14.8. The summed E-state index contributed by atoms with van der Waals surface area (Å²) in [5, 5.41) is 4.98. The van der Waals surface area contributed by atoms with E-state index in [1.54, 1.807) is 31.2 Å². The van der Waals surface area contributed by atoms with Gasteiger partial charge in [-0.1, -0.05) is 17.7 Å².